The third-order valence-corrected chi connectivity index (χ3v) is 15.9. The van der Waals surface area contributed by atoms with E-state index >= 15 is 0 Å². The fraction of sp³-hybridized carbons (Fsp3) is 0.947. The van der Waals surface area contributed by atoms with Gasteiger partial charge in [-0.3, -0.25) is 0 Å². The molecule has 2 atom stereocenters. The maximum atomic E-state index is 12.3. The predicted molar refractivity (Wildman–Crippen MR) is 122 cm³/mol. The third kappa shape index (κ3) is 8.04. The van der Waals surface area contributed by atoms with Crippen LogP contribution < -0.4 is 0 Å². The van der Waals surface area contributed by atoms with E-state index in [0.29, 0.717) is 6.61 Å². The molecule has 0 amide bonds. The van der Waals surface area contributed by atoms with Crippen LogP contribution in [0.4, 0.5) is 0 Å². The summed E-state index contributed by atoms with van der Waals surface area (Å²) in [5.41, 5.74) is 0. The highest BCUT2D eigenvalue weighted by molar-refractivity contribution is 7.85. The smallest absolute Gasteiger partial charge is 0.193 e. The van der Waals surface area contributed by atoms with Crippen LogP contribution in [0.15, 0.2) is 4.40 Å². The van der Waals surface area contributed by atoms with E-state index in [4.69, 9.17) is 8.85 Å². The molecule has 7 heteroatoms. The van der Waals surface area contributed by atoms with Gasteiger partial charge in [0.15, 0.2) is 16.6 Å². The highest BCUT2D eigenvalue weighted by atomic mass is 32.2. The summed E-state index contributed by atoms with van der Waals surface area (Å²) in [5.74, 6) is 0. The van der Waals surface area contributed by atoms with Gasteiger partial charge in [-0.25, -0.2) is 4.21 Å². The molecule has 0 saturated carbocycles. The molecule has 0 aliphatic heterocycles. The van der Waals surface area contributed by atoms with Crippen LogP contribution in [-0.2, 0) is 19.8 Å². The van der Waals surface area contributed by atoms with Crippen LogP contribution in [0.2, 0.25) is 36.3 Å². The van der Waals surface area contributed by atoms with E-state index in [0.717, 1.165) is 0 Å². The summed E-state index contributed by atoms with van der Waals surface area (Å²) in [6.07, 6.45) is 1.45. The molecule has 4 nitrogen and oxygen atoms in total. The minimum atomic E-state index is -1.98. The lowest BCUT2D eigenvalue weighted by atomic mass is 10.2. The molecule has 0 aromatic rings. The van der Waals surface area contributed by atoms with E-state index in [2.05, 4.69) is 72.1 Å². The number of hydrogen-bond donors (Lipinski definition) is 0. The van der Waals surface area contributed by atoms with Crippen LogP contribution in [0, 0.1) is 0 Å². The molecule has 0 spiro atoms. The van der Waals surface area contributed by atoms with Crippen molar-refractivity contribution in [2.75, 3.05) is 6.61 Å². The van der Waals surface area contributed by atoms with Gasteiger partial charge in [-0.2, -0.15) is 4.40 Å². The first-order valence-electron chi connectivity index (χ1n) is 9.49. The first-order chi connectivity index (χ1) is 11.2. The zero-order valence-corrected chi connectivity index (χ0v) is 22.3. The first-order valence-corrected chi connectivity index (χ1v) is 16.4. The lowest BCUT2D eigenvalue weighted by Crippen LogP contribution is -2.48. The summed E-state index contributed by atoms with van der Waals surface area (Å²) in [6.45, 7) is 28.5. The van der Waals surface area contributed by atoms with Crippen molar-refractivity contribution >= 4 is 33.8 Å². The van der Waals surface area contributed by atoms with Crippen molar-refractivity contribution in [1.29, 1.82) is 0 Å². The van der Waals surface area contributed by atoms with Gasteiger partial charge < -0.3 is 8.85 Å². The lowest BCUT2D eigenvalue weighted by Gasteiger charge is -2.40. The Balaban J connectivity index is 5.43. The minimum Gasteiger partial charge on any atom is -0.414 e. The zero-order chi connectivity index (χ0) is 21.2. The minimum absolute atomic E-state index is 0.0965. The SMILES string of the molecule is CC(C)(C)S(=O)/N=C/[C@@H](CO[Si](C)(C)C(C)(C)C)O[Si](C)(C)C(C)(C)C. The summed E-state index contributed by atoms with van der Waals surface area (Å²) in [7, 11) is -5.16. The summed E-state index contributed by atoms with van der Waals surface area (Å²) in [6, 6.07) is 0. The molecule has 0 radical (unpaired) electrons. The van der Waals surface area contributed by atoms with Gasteiger partial charge in [0.05, 0.1) is 11.4 Å². The molecule has 0 aliphatic rings. The molecule has 1 unspecified atom stereocenters. The Bertz CT molecular complexity index is 512. The summed E-state index contributed by atoms with van der Waals surface area (Å²) in [5, 5.41) is 0.235. The van der Waals surface area contributed by atoms with Gasteiger partial charge in [0.25, 0.3) is 0 Å². The van der Waals surface area contributed by atoms with Gasteiger partial charge in [-0.05, 0) is 57.0 Å². The van der Waals surface area contributed by atoms with Crippen LogP contribution in [-0.4, -0.2) is 44.5 Å². The molecule has 0 aromatic carbocycles. The van der Waals surface area contributed by atoms with Crippen molar-refractivity contribution in [3.8, 4) is 0 Å². The Kier molecular flexibility index (Phi) is 8.74. The molecule has 0 saturated heterocycles. The van der Waals surface area contributed by atoms with Gasteiger partial charge >= 0.3 is 0 Å². The van der Waals surface area contributed by atoms with Crippen molar-refractivity contribution < 1.29 is 13.1 Å². The predicted octanol–water partition coefficient (Wildman–Crippen LogP) is 5.93. The van der Waals surface area contributed by atoms with Gasteiger partial charge in [-0.15, -0.1) is 0 Å². The fourth-order valence-corrected chi connectivity index (χ4v) is 4.27. The molecule has 26 heavy (non-hydrogen) atoms. The van der Waals surface area contributed by atoms with Gasteiger partial charge in [0.1, 0.15) is 17.1 Å². The largest absolute Gasteiger partial charge is 0.414 e. The van der Waals surface area contributed by atoms with E-state index in [1.807, 2.05) is 20.8 Å². The maximum Gasteiger partial charge on any atom is 0.193 e. The van der Waals surface area contributed by atoms with E-state index in [-0.39, 0.29) is 20.9 Å². The topological polar surface area (TPSA) is 47.9 Å². The second-order valence-electron chi connectivity index (χ2n) is 11.1. The maximum absolute atomic E-state index is 12.3. The molecular weight excluding hydrogens is 378 g/mol. The van der Waals surface area contributed by atoms with E-state index < -0.39 is 27.6 Å². The molecule has 156 valence electrons. The fourth-order valence-electron chi connectivity index (χ4n) is 1.45. The molecule has 0 aromatic heterocycles. The highest BCUT2D eigenvalue weighted by Crippen LogP contribution is 2.39. The number of hydrogen-bond acceptors (Lipinski definition) is 3. The quantitative estimate of drug-likeness (QED) is 0.378. The molecular formula is C19H43NO3SSi2. The van der Waals surface area contributed by atoms with E-state index in [1.165, 1.54) is 0 Å². The Morgan fingerprint density at radius 1 is 0.885 bits per heavy atom. The summed E-state index contributed by atoms with van der Waals surface area (Å²) < 4.78 is 29.2. The normalized spacial score (nSPS) is 17.6. The Morgan fingerprint density at radius 3 is 1.65 bits per heavy atom. The third-order valence-electron chi connectivity index (χ3n) is 5.51. The standard InChI is InChI=1S/C19H43NO3SSi2/c1-17(2,3)24(21)20-14-16(23-26(12,13)19(7,8)9)15-22-25(10,11)18(4,5)6/h14,16H,15H2,1-13H3/b20-14+/t16-,24?/m0/s1. The second-order valence-corrected chi connectivity index (χ2v) is 22.6. The average molecular weight is 422 g/mol. The van der Waals surface area contributed by atoms with Crippen molar-refractivity contribution in [2.24, 2.45) is 4.40 Å². The van der Waals surface area contributed by atoms with Crippen LogP contribution in [0.1, 0.15) is 62.3 Å². The van der Waals surface area contributed by atoms with Crippen molar-refractivity contribution in [3.05, 3.63) is 0 Å². The average Bonchev–Trinajstić information content (AvgIpc) is 2.37. The second kappa shape index (κ2) is 8.68. The zero-order valence-electron chi connectivity index (χ0n) is 19.4. The lowest BCUT2D eigenvalue weighted by molar-refractivity contribution is 0.157. The number of rotatable bonds is 7. The Hall–Kier alpha value is 0.174. The van der Waals surface area contributed by atoms with Gasteiger partial charge in [0.2, 0.25) is 0 Å². The van der Waals surface area contributed by atoms with Crippen molar-refractivity contribution in [3.63, 3.8) is 0 Å². The van der Waals surface area contributed by atoms with Crippen LogP contribution in [0.3, 0.4) is 0 Å². The monoisotopic (exact) mass is 421 g/mol. The molecule has 0 heterocycles. The van der Waals surface area contributed by atoms with E-state index in [9.17, 15) is 4.21 Å². The van der Waals surface area contributed by atoms with E-state index in [1.54, 1.807) is 6.21 Å². The van der Waals surface area contributed by atoms with Crippen LogP contribution in [0.25, 0.3) is 0 Å². The Morgan fingerprint density at radius 2 is 1.31 bits per heavy atom. The van der Waals surface area contributed by atoms with Crippen molar-refractivity contribution in [1.82, 2.24) is 0 Å². The number of nitrogens with zero attached hydrogens (tertiary/aromatic N) is 1. The van der Waals surface area contributed by atoms with Crippen LogP contribution >= 0.6 is 0 Å². The Labute approximate surface area is 167 Å². The van der Waals surface area contributed by atoms with Gasteiger partial charge in [-0.1, -0.05) is 41.5 Å². The highest BCUT2D eigenvalue weighted by Gasteiger charge is 2.41. The van der Waals surface area contributed by atoms with Crippen molar-refractivity contribution in [2.45, 2.75) is 109 Å². The molecule has 0 bridgehead atoms. The van der Waals surface area contributed by atoms with Crippen LogP contribution in [0.5, 0.6) is 0 Å². The van der Waals surface area contributed by atoms with Gasteiger partial charge in [0, 0.05) is 6.21 Å². The molecule has 0 N–H and O–H groups in total. The summed E-state index contributed by atoms with van der Waals surface area (Å²) >= 11 is 0. The molecule has 0 fully saturated rings. The first kappa shape index (κ1) is 26.2. The molecule has 0 aliphatic carbocycles. The summed E-state index contributed by atoms with van der Waals surface area (Å²) in [4.78, 5) is 0. The molecule has 0 rings (SSSR count).